The largest absolute Gasteiger partial charge is 0.478 e. The number of carboxylic acid groups (broad SMARTS) is 1. The van der Waals surface area contributed by atoms with Gasteiger partial charge in [0.05, 0.1) is 5.56 Å². The summed E-state index contributed by atoms with van der Waals surface area (Å²) in [6.45, 7) is 0.922. The van der Waals surface area contributed by atoms with E-state index in [-0.39, 0.29) is 30.4 Å². The number of nitrogens with zero attached hydrogens (tertiary/aromatic N) is 1. The smallest absolute Gasteiger partial charge is 0.337 e. The maximum absolute atomic E-state index is 10.7. The van der Waals surface area contributed by atoms with Crippen LogP contribution in [0.15, 0.2) is 18.2 Å². The Morgan fingerprint density at radius 2 is 1.94 bits per heavy atom. The van der Waals surface area contributed by atoms with Crippen molar-refractivity contribution in [3.05, 3.63) is 29.3 Å². The van der Waals surface area contributed by atoms with Crippen molar-refractivity contribution >= 4 is 36.5 Å². The molecule has 0 saturated heterocycles. The van der Waals surface area contributed by atoms with Crippen molar-refractivity contribution in [2.24, 2.45) is 0 Å². The number of carbonyl (C=O) groups is 1. The van der Waals surface area contributed by atoms with Crippen LogP contribution in [-0.4, -0.2) is 36.6 Å². The summed E-state index contributed by atoms with van der Waals surface area (Å²) in [5, 5.41) is 8.79. The molecular weight excluding hydrogens is 263 g/mol. The average Bonchev–Trinajstić information content (AvgIpc) is 2.14. The molecule has 98 valence electrons. The van der Waals surface area contributed by atoms with E-state index < -0.39 is 5.97 Å². The van der Waals surface area contributed by atoms with Crippen LogP contribution in [0.5, 0.6) is 0 Å². The van der Waals surface area contributed by atoms with Gasteiger partial charge in [-0.3, -0.25) is 0 Å². The number of carboxylic acids is 1. The first-order valence-electron chi connectivity index (χ1n) is 4.77. The van der Waals surface area contributed by atoms with E-state index in [4.69, 9.17) is 10.8 Å². The van der Waals surface area contributed by atoms with Gasteiger partial charge in [-0.05, 0) is 38.2 Å². The number of halogens is 2. The van der Waals surface area contributed by atoms with Gasteiger partial charge in [-0.25, -0.2) is 4.79 Å². The molecule has 1 aromatic rings. The molecule has 0 amide bonds. The lowest BCUT2D eigenvalue weighted by Gasteiger charge is -2.10. The van der Waals surface area contributed by atoms with Crippen molar-refractivity contribution in [2.75, 3.05) is 26.4 Å². The zero-order valence-corrected chi connectivity index (χ0v) is 11.5. The van der Waals surface area contributed by atoms with Crippen molar-refractivity contribution in [2.45, 2.75) is 6.42 Å². The van der Waals surface area contributed by atoms with Gasteiger partial charge in [0.1, 0.15) is 0 Å². The summed E-state index contributed by atoms with van der Waals surface area (Å²) in [7, 11) is 3.99. The Morgan fingerprint density at radius 1 is 1.35 bits per heavy atom. The van der Waals surface area contributed by atoms with E-state index in [9.17, 15) is 4.79 Å². The maximum Gasteiger partial charge on any atom is 0.337 e. The van der Waals surface area contributed by atoms with Gasteiger partial charge >= 0.3 is 5.97 Å². The Morgan fingerprint density at radius 3 is 2.35 bits per heavy atom. The van der Waals surface area contributed by atoms with Gasteiger partial charge in [0.15, 0.2) is 0 Å². The van der Waals surface area contributed by atoms with E-state index in [1.165, 1.54) is 0 Å². The summed E-state index contributed by atoms with van der Waals surface area (Å²) in [6.07, 6.45) is 0.872. The number of aromatic carboxylic acids is 1. The predicted octanol–water partition coefficient (Wildman–Crippen LogP) is 1.91. The predicted molar refractivity (Wildman–Crippen MR) is 74.6 cm³/mol. The summed E-state index contributed by atoms with van der Waals surface area (Å²) < 4.78 is 0. The minimum Gasteiger partial charge on any atom is -0.478 e. The van der Waals surface area contributed by atoms with Crippen LogP contribution < -0.4 is 5.73 Å². The number of nitrogens with two attached hydrogens (primary N) is 1. The van der Waals surface area contributed by atoms with Gasteiger partial charge in [-0.1, -0.05) is 6.07 Å². The monoisotopic (exact) mass is 280 g/mol. The highest BCUT2D eigenvalue weighted by atomic mass is 35.5. The molecule has 6 heteroatoms. The lowest BCUT2D eigenvalue weighted by molar-refractivity contribution is 0.0698. The molecule has 0 aromatic heterocycles. The molecule has 0 saturated carbocycles. The minimum absolute atomic E-state index is 0. The van der Waals surface area contributed by atoms with Crippen molar-refractivity contribution in [1.29, 1.82) is 0 Å². The number of benzene rings is 1. The highest BCUT2D eigenvalue weighted by Gasteiger charge is 2.07. The molecule has 0 unspecified atom stereocenters. The molecule has 3 N–H and O–H groups in total. The van der Waals surface area contributed by atoms with Crippen molar-refractivity contribution in [1.82, 2.24) is 4.90 Å². The Labute approximate surface area is 114 Å². The topological polar surface area (TPSA) is 66.6 Å². The van der Waals surface area contributed by atoms with Crippen molar-refractivity contribution < 1.29 is 9.90 Å². The number of anilines is 1. The normalized spacial score (nSPS) is 9.35. The molecule has 4 nitrogen and oxygen atoms in total. The highest BCUT2D eigenvalue weighted by molar-refractivity contribution is 5.93. The number of rotatable bonds is 4. The molecule has 0 spiro atoms. The van der Waals surface area contributed by atoms with Crippen molar-refractivity contribution in [3.63, 3.8) is 0 Å². The molecule has 1 aromatic carbocycles. The second kappa shape index (κ2) is 8.17. The van der Waals surface area contributed by atoms with Gasteiger partial charge in [0.2, 0.25) is 0 Å². The molecule has 0 fully saturated rings. The quantitative estimate of drug-likeness (QED) is 0.827. The summed E-state index contributed by atoms with van der Waals surface area (Å²) >= 11 is 0. The molecule has 1 rings (SSSR count). The highest BCUT2D eigenvalue weighted by Crippen LogP contribution is 2.14. The number of hydrogen-bond acceptors (Lipinski definition) is 3. The SMILES string of the molecule is CN(C)CCc1ccc(C(=O)O)c(N)c1.Cl.Cl. The van der Waals surface area contributed by atoms with E-state index >= 15 is 0 Å². The number of hydrogen-bond donors (Lipinski definition) is 2. The molecule has 0 aliphatic rings. The third kappa shape index (κ3) is 5.77. The standard InChI is InChI=1S/C11H16N2O2.2ClH/c1-13(2)6-5-8-3-4-9(11(14)15)10(12)7-8;;/h3-4,7H,5-6,12H2,1-2H3,(H,14,15);2*1H. The van der Waals surface area contributed by atoms with Crippen LogP contribution in [0, 0.1) is 0 Å². The van der Waals surface area contributed by atoms with Crippen LogP contribution in [0.25, 0.3) is 0 Å². The van der Waals surface area contributed by atoms with E-state index in [0.29, 0.717) is 5.69 Å². The molecule has 17 heavy (non-hydrogen) atoms. The van der Waals surface area contributed by atoms with Crippen LogP contribution in [0.3, 0.4) is 0 Å². The lowest BCUT2D eigenvalue weighted by atomic mass is 10.1. The molecule has 0 atom stereocenters. The van der Waals surface area contributed by atoms with Crippen LogP contribution in [-0.2, 0) is 6.42 Å². The Hall–Kier alpha value is -0.970. The number of likely N-dealkylation sites (N-methyl/N-ethyl adjacent to an activating group) is 1. The Balaban J connectivity index is 0. The zero-order valence-electron chi connectivity index (χ0n) is 9.84. The summed E-state index contributed by atoms with van der Waals surface area (Å²) in [4.78, 5) is 12.8. The second-order valence-electron chi connectivity index (χ2n) is 3.78. The first kappa shape index (κ1) is 18.4. The first-order valence-corrected chi connectivity index (χ1v) is 4.77. The van der Waals surface area contributed by atoms with Crippen LogP contribution in [0.4, 0.5) is 5.69 Å². The zero-order chi connectivity index (χ0) is 11.4. The van der Waals surface area contributed by atoms with Crippen LogP contribution in [0.2, 0.25) is 0 Å². The van der Waals surface area contributed by atoms with Gasteiger partial charge in [-0.15, -0.1) is 24.8 Å². The molecule has 0 aliphatic carbocycles. The Bertz CT molecular complexity index is 370. The van der Waals surface area contributed by atoms with E-state index in [2.05, 4.69) is 4.90 Å². The van der Waals surface area contributed by atoms with Gasteiger partial charge in [0.25, 0.3) is 0 Å². The summed E-state index contributed by atoms with van der Waals surface area (Å²) in [5.74, 6) is -0.980. The van der Waals surface area contributed by atoms with Crippen molar-refractivity contribution in [3.8, 4) is 0 Å². The minimum atomic E-state index is -0.980. The van der Waals surface area contributed by atoms with Gasteiger partial charge in [0, 0.05) is 12.2 Å². The van der Waals surface area contributed by atoms with E-state index in [1.807, 2.05) is 20.2 Å². The second-order valence-corrected chi connectivity index (χ2v) is 3.78. The molecule has 0 aliphatic heterocycles. The molecule has 0 heterocycles. The van der Waals surface area contributed by atoms with E-state index in [0.717, 1.165) is 18.5 Å². The van der Waals surface area contributed by atoms with E-state index in [1.54, 1.807) is 12.1 Å². The average molecular weight is 281 g/mol. The molecular formula is C11H18Cl2N2O2. The Kier molecular flexibility index (Phi) is 8.84. The third-order valence-electron chi connectivity index (χ3n) is 2.19. The number of nitrogen functional groups attached to an aromatic ring is 1. The summed E-state index contributed by atoms with van der Waals surface area (Å²) in [6, 6.07) is 5.10. The van der Waals surface area contributed by atoms with Gasteiger partial charge < -0.3 is 15.7 Å². The maximum atomic E-state index is 10.7. The molecule has 0 radical (unpaired) electrons. The lowest BCUT2D eigenvalue weighted by Crippen LogP contribution is -2.15. The molecule has 0 bridgehead atoms. The summed E-state index contributed by atoms with van der Waals surface area (Å²) in [5.41, 5.74) is 7.20. The fourth-order valence-electron chi connectivity index (χ4n) is 1.32. The van der Waals surface area contributed by atoms with Gasteiger partial charge in [-0.2, -0.15) is 0 Å². The van der Waals surface area contributed by atoms with Crippen LogP contribution >= 0.6 is 24.8 Å². The fraction of sp³-hybridized carbons (Fsp3) is 0.364. The van der Waals surface area contributed by atoms with Crippen LogP contribution in [0.1, 0.15) is 15.9 Å². The fourth-order valence-corrected chi connectivity index (χ4v) is 1.32. The first-order chi connectivity index (χ1) is 7.00. The third-order valence-corrected chi connectivity index (χ3v) is 2.19.